The van der Waals surface area contributed by atoms with E-state index in [9.17, 15) is 4.79 Å². The number of amides is 1. The molecule has 4 nitrogen and oxygen atoms in total. The molecule has 0 radical (unpaired) electrons. The fraction of sp³-hybridized carbons (Fsp3) is 0.348. The molecule has 1 aliphatic rings. The second kappa shape index (κ2) is 9.65. The first-order valence-electron chi connectivity index (χ1n) is 10.2. The van der Waals surface area contributed by atoms with Crippen LogP contribution in [0.2, 0.25) is 10.0 Å². The molecule has 1 saturated heterocycles. The summed E-state index contributed by atoms with van der Waals surface area (Å²) in [6.07, 6.45) is 3.45. The number of carbonyl (C=O) groups is 1. The van der Waals surface area contributed by atoms with Gasteiger partial charge in [-0.05, 0) is 87.8 Å². The number of benzene rings is 2. The molecule has 30 heavy (non-hydrogen) atoms. The zero-order valence-electron chi connectivity index (χ0n) is 16.9. The van der Waals surface area contributed by atoms with Crippen molar-refractivity contribution in [1.82, 2.24) is 15.2 Å². The lowest BCUT2D eigenvalue weighted by atomic mass is 9.94. The molecule has 1 fully saturated rings. The van der Waals surface area contributed by atoms with Crippen molar-refractivity contribution in [2.24, 2.45) is 5.92 Å². The van der Waals surface area contributed by atoms with E-state index < -0.39 is 0 Å². The number of nitrogens with zero attached hydrogens (tertiary/aromatic N) is 1. The van der Waals surface area contributed by atoms with Crippen molar-refractivity contribution in [2.45, 2.75) is 29.1 Å². The van der Waals surface area contributed by atoms with Crippen LogP contribution < -0.4 is 5.32 Å². The van der Waals surface area contributed by atoms with Gasteiger partial charge in [0.2, 0.25) is 0 Å². The van der Waals surface area contributed by atoms with Crippen molar-refractivity contribution >= 4 is 51.8 Å². The van der Waals surface area contributed by atoms with Crippen LogP contribution in [0.5, 0.6) is 0 Å². The summed E-state index contributed by atoms with van der Waals surface area (Å²) >= 11 is 13.9. The Bertz CT molecular complexity index is 1030. The Kier molecular flexibility index (Phi) is 6.94. The molecule has 3 aromatic rings. The highest BCUT2D eigenvalue weighted by Crippen LogP contribution is 2.36. The Balaban J connectivity index is 1.44. The lowest BCUT2D eigenvalue weighted by Crippen LogP contribution is -2.32. The summed E-state index contributed by atoms with van der Waals surface area (Å²) in [7, 11) is 2.17. The molecule has 0 bridgehead atoms. The standard InChI is InChI=1S/C23H25Cl2N3OS/c1-28-10-7-15(8-11-28)6-9-26-23(29)21-14-19-20(27-21)12-17(25)13-22(19)30-18-4-2-16(24)3-5-18/h2-5,12-15,27H,6-11H2,1H3,(H,26,29). The van der Waals surface area contributed by atoms with E-state index in [0.717, 1.165) is 40.2 Å². The van der Waals surface area contributed by atoms with Gasteiger partial charge in [-0.1, -0.05) is 35.0 Å². The number of H-pyrrole nitrogens is 1. The van der Waals surface area contributed by atoms with Crippen molar-refractivity contribution in [3.8, 4) is 0 Å². The van der Waals surface area contributed by atoms with E-state index in [1.165, 1.54) is 12.8 Å². The van der Waals surface area contributed by atoms with Crippen LogP contribution in [0.3, 0.4) is 0 Å². The van der Waals surface area contributed by atoms with Gasteiger partial charge in [0.15, 0.2) is 0 Å². The van der Waals surface area contributed by atoms with E-state index in [-0.39, 0.29) is 5.91 Å². The maximum atomic E-state index is 12.7. The Morgan fingerprint density at radius 3 is 2.60 bits per heavy atom. The molecule has 1 aromatic heterocycles. The van der Waals surface area contributed by atoms with Gasteiger partial charge in [-0.15, -0.1) is 0 Å². The largest absolute Gasteiger partial charge is 0.351 e. The minimum absolute atomic E-state index is 0.0716. The number of hydrogen-bond donors (Lipinski definition) is 2. The van der Waals surface area contributed by atoms with Gasteiger partial charge in [0.25, 0.3) is 5.91 Å². The quantitative estimate of drug-likeness (QED) is 0.466. The first kappa shape index (κ1) is 21.6. The molecular formula is C23H25Cl2N3OS. The summed E-state index contributed by atoms with van der Waals surface area (Å²) in [5.41, 5.74) is 1.42. The summed E-state index contributed by atoms with van der Waals surface area (Å²) in [6, 6.07) is 13.4. The number of likely N-dealkylation sites (tertiary alicyclic amines) is 1. The van der Waals surface area contributed by atoms with Gasteiger partial charge in [0.05, 0.1) is 0 Å². The molecule has 1 aliphatic heterocycles. The molecule has 0 saturated carbocycles. The molecule has 2 heterocycles. The van der Waals surface area contributed by atoms with Crippen LogP contribution in [-0.2, 0) is 0 Å². The Labute approximate surface area is 191 Å². The first-order valence-corrected chi connectivity index (χ1v) is 11.8. The van der Waals surface area contributed by atoms with Crippen molar-refractivity contribution in [3.05, 3.63) is 58.2 Å². The van der Waals surface area contributed by atoms with Crippen LogP contribution in [0.4, 0.5) is 0 Å². The Hall–Kier alpha value is -1.66. The molecule has 7 heteroatoms. The fourth-order valence-corrected chi connectivity index (χ4v) is 5.24. The lowest BCUT2D eigenvalue weighted by Gasteiger charge is -2.28. The third kappa shape index (κ3) is 5.33. The van der Waals surface area contributed by atoms with Crippen LogP contribution in [-0.4, -0.2) is 42.5 Å². The van der Waals surface area contributed by atoms with Crippen LogP contribution in [0.15, 0.2) is 52.3 Å². The van der Waals surface area contributed by atoms with Crippen molar-refractivity contribution in [3.63, 3.8) is 0 Å². The maximum Gasteiger partial charge on any atom is 0.267 e. The highest BCUT2D eigenvalue weighted by Gasteiger charge is 2.17. The van der Waals surface area contributed by atoms with Gasteiger partial charge in [0.1, 0.15) is 5.69 Å². The van der Waals surface area contributed by atoms with Gasteiger partial charge in [-0.25, -0.2) is 0 Å². The van der Waals surface area contributed by atoms with E-state index in [2.05, 4.69) is 22.2 Å². The number of piperidine rings is 1. The second-order valence-corrected chi connectivity index (χ2v) is 9.88. The summed E-state index contributed by atoms with van der Waals surface area (Å²) in [6.45, 7) is 3.00. The number of aromatic amines is 1. The van der Waals surface area contributed by atoms with Crippen LogP contribution in [0.1, 0.15) is 29.8 Å². The SMILES string of the molecule is CN1CCC(CCNC(=O)c2cc3c(Sc4ccc(Cl)cc4)cc(Cl)cc3[nH]2)CC1. The normalized spacial score (nSPS) is 15.6. The van der Waals surface area contributed by atoms with Crippen LogP contribution in [0.25, 0.3) is 10.9 Å². The van der Waals surface area contributed by atoms with Gasteiger partial charge in [-0.2, -0.15) is 0 Å². The van der Waals surface area contributed by atoms with E-state index in [1.807, 2.05) is 42.5 Å². The number of fused-ring (bicyclic) bond motifs is 1. The molecule has 0 aliphatic carbocycles. The summed E-state index contributed by atoms with van der Waals surface area (Å²) < 4.78 is 0. The van der Waals surface area contributed by atoms with E-state index in [4.69, 9.17) is 23.2 Å². The number of hydrogen-bond acceptors (Lipinski definition) is 3. The average molecular weight is 462 g/mol. The summed E-state index contributed by atoms with van der Waals surface area (Å²) in [4.78, 5) is 20.4. The van der Waals surface area contributed by atoms with E-state index in [1.54, 1.807) is 11.8 Å². The summed E-state index contributed by atoms with van der Waals surface area (Å²) in [5, 5.41) is 5.40. The monoisotopic (exact) mass is 461 g/mol. The topological polar surface area (TPSA) is 48.1 Å². The third-order valence-corrected chi connectivity index (χ3v) is 7.16. The summed E-state index contributed by atoms with van der Waals surface area (Å²) in [5.74, 6) is 0.628. The predicted octanol–water partition coefficient (Wildman–Crippen LogP) is 6.09. The third-order valence-electron chi connectivity index (χ3n) is 5.63. The minimum atomic E-state index is -0.0716. The van der Waals surface area contributed by atoms with E-state index in [0.29, 0.717) is 28.2 Å². The molecule has 0 spiro atoms. The number of rotatable bonds is 6. The maximum absolute atomic E-state index is 12.7. The lowest BCUT2D eigenvalue weighted by molar-refractivity contribution is 0.0944. The van der Waals surface area contributed by atoms with Gasteiger partial charge < -0.3 is 15.2 Å². The van der Waals surface area contributed by atoms with Crippen LogP contribution >= 0.6 is 35.0 Å². The van der Waals surface area contributed by atoms with Gasteiger partial charge >= 0.3 is 0 Å². The fourth-order valence-electron chi connectivity index (χ4n) is 3.84. The number of carbonyl (C=O) groups excluding carboxylic acids is 1. The predicted molar refractivity (Wildman–Crippen MR) is 126 cm³/mol. The number of nitrogens with one attached hydrogen (secondary N) is 2. The number of aromatic nitrogens is 1. The zero-order chi connectivity index (χ0) is 21.1. The van der Waals surface area contributed by atoms with Crippen molar-refractivity contribution in [1.29, 1.82) is 0 Å². The molecule has 4 rings (SSSR count). The Morgan fingerprint density at radius 2 is 1.87 bits per heavy atom. The number of halogens is 2. The van der Waals surface area contributed by atoms with E-state index >= 15 is 0 Å². The highest BCUT2D eigenvalue weighted by molar-refractivity contribution is 7.99. The first-order chi connectivity index (χ1) is 14.5. The van der Waals surface area contributed by atoms with Crippen LogP contribution in [0, 0.1) is 5.92 Å². The molecular weight excluding hydrogens is 437 g/mol. The second-order valence-electron chi connectivity index (χ2n) is 7.90. The molecule has 0 unspecified atom stereocenters. The molecule has 158 valence electrons. The molecule has 0 atom stereocenters. The smallest absolute Gasteiger partial charge is 0.267 e. The highest BCUT2D eigenvalue weighted by atomic mass is 35.5. The average Bonchev–Trinajstić information content (AvgIpc) is 3.15. The molecule has 1 amide bonds. The zero-order valence-corrected chi connectivity index (χ0v) is 19.2. The van der Waals surface area contributed by atoms with Gasteiger partial charge in [-0.3, -0.25) is 4.79 Å². The van der Waals surface area contributed by atoms with Crippen molar-refractivity contribution < 1.29 is 4.79 Å². The van der Waals surface area contributed by atoms with Crippen molar-refractivity contribution in [2.75, 3.05) is 26.7 Å². The molecule has 2 N–H and O–H groups in total. The Morgan fingerprint density at radius 1 is 1.13 bits per heavy atom. The minimum Gasteiger partial charge on any atom is -0.351 e. The van der Waals surface area contributed by atoms with Gasteiger partial charge in [0, 0.05) is 37.3 Å². The molecule has 2 aromatic carbocycles.